The number of anilines is 1. The summed E-state index contributed by atoms with van der Waals surface area (Å²) in [5, 5.41) is 14.6. The van der Waals surface area contributed by atoms with Gasteiger partial charge in [0.15, 0.2) is 5.78 Å². The first-order chi connectivity index (χ1) is 17.6. The molecule has 0 aliphatic heterocycles. The highest BCUT2D eigenvalue weighted by atomic mass is 16.3. The first-order valence-corrected chi connectivity index (χ1v) is 14.6. The van der Waals surface area contributed by atoms with Gasteiger partial charge in [-0.05, 0) is 130 Å². The molecule has 2 N–H and O–H groups in total. The van der Waals surface area contributed by atoms with E-state index >= 15 is 0 Å². The van der Waals surface area contributed by atoms with Gasteiger partial charge in [0, 0.05) is 30.0 Å². The second-order valence-electron chi connectivity index (χ2n) is 13.5. The Hall–Kier alpha value is -2.31. The Morgan fingerprint density at radius 1 is 1.05 bits per heavy atom. The predicted octanol–water partition coefficient (Wildman–Crippen LogP) is 7.43. The lowest BCUT2D eigenvalue weighted by Crippen LogP contribution is -2.45. The quantitative estimate of drug-likeness (QED) is 0.423. The third-order valence-corrected chi connectivity index (χ3v) is 9.72. The van der Waals surface area contributed by atoms with Gasteiger partial charge in [0.05, 0.1) is 6.10 Å². The smallest absolute Gasteiger partial charge is 0.156 e. The van der Waals surface area contributed by atoms with Crippen LogP contribution in [0, 0.1) is 40.9 Å². The maximum atomic E-state index is 12.1. The molecule has 6 rings (SSSR count). The average molecular weight is 500 g/mol. The molecule has 0 bridgehead atoms. The van der Waals surface area contributed by atoms with Crippen LogP contribution in [0.3, 0.4) is 0 Å². The molecule has 3 saturated carbocycles. The number of benzene rings is 1. The summed E-state index contributed by atoms with van der Waals surface area (Å²) in [4.78, 5) is 12.1. The normalized spacial score (nSPS) is 32.8. The molecule has 5 aliphatic carbocycles. The van der Waals surface area contributed by atoms with Crippen LogP contribution in [0.1, 0.15) is 97.0 Å². The minimum Gasteiger partial charge on any atom is -0.393 e. The molecular formula is C34H45NO2. The highest BCUT2D eigenvalue weighted by molar-refractivity contribution is 5.93. The van der Waals surface area contributed by atoms with Gasteiger partial charge in [-0.3, -0.25) is 4.79 Å². The van der Waals surface area contributed by atoms with Crippen molar-refractivity contribution in [2.45, 2.75) is 97.5 Å². The van der Waals surface area contributed by atoms with Crippen molar-refractivity contribution in [1.82, 2.24) is 0 Å². The molecule has 5 aliphatic rings. The summed E-state index contributed by atoms with van der Waals surface area (Å²) in [6, 6.07) is 9.14. The summed E-state index contributed by atoms with van der Waals surface area (Å²) in [7, 11) is 0. The lowest BCUT2D eigenvalue weighted by atomic mass is 9.53. The molecule has 0 radical (unpaired) electrons. The second kappa shape index (κ2) is 10.1. The van der Waals surface area contributed by atoms with E-state index in [1.165, 1.54) is 35.2 Å². The Balaban J connectivity index is 0.000000421. The van der Waals surface area contributed by atoms with E-state index in [4.69, 9.17) is 6.42 Å². The van der Waals surface area contributed by atoms with Gasteiger partial charge < -0.3 is 10.4 Å². The van der Waals surface area contributed by atoms with Crippen LogP contribution in [0.15, 0.2) is 47.1 Å². The van der Waals surface area contributed by atoms with Crippen molar-refractivity contribution in [2.24, 2.45) is 28.6 Å². The van der Waals surface area contributed by atoms with Crippen LogP contribution < -0.4 is 5.32 Å². The molecule has 1 aromatic rings. The summed E-state index contributed by atoms with van der Waals surface area (Å²) in [5.41, 5.74) is 7.13. The molecule has 0 heterocycles. The van der Waals surface area contributed by atoms with Gasteiger partial charge in [-0.2, -0.15) is 0 Å². The van der Waals surface area contributed by atoms with Crippen LogP contribution in [-0.2, 0) is 4.79 Å². The number of aliphatic hydroxyl groups excluding tert-OH is 1. The number of fused-ring (bicyclic) bond motifs is 4. The Morgan fingerprint density at radius 2 is 1.76 bits per heavy atom. The Labute approximate surface area is 224 Å². The number of carbonyl (C=O) groups is 1. The number of hydrogen-bond donors (Lipinski definition) is 2. The number of ketones is 1. The van der Waals surface area contributed by atoms with Crippen molar-refractivity contribution in [3.05, 3.63) is 52.6 Å². The first kappa shape index (κ1) is 26.3. The van der Waals surface area contributed by atoms with Crippen molar-refractivity contribution in [1.29, 1.82) is 0 Å². The van der Waals surface area contributed by atoms with Crippen molar-refractivity contribution >= 4 is 11.5 Å². The molecule has 3 heteroatoms. The number of aliphatic hydroxyl groups is 1. The minimum absolute atomic E-state index is 0.00793. The highest BCUT2D eigenvalue weighted by Crippen LogP contribution is 2.63. The lowest BCUT2D eigenvalue weighted by molar-refractivity contribution is -0.114. The second-order valence-corrected chi connectivity index (χ2v) is 13.5. The van der Waals surface area contributed by atoms with E-state index in [1.54, 1.807) is 5.57 Å². The molecule has 5 atom stereocenters. The zero-order valence-electron chi connectivity index (χ0n) is 23.3. The van der Waals surface area contributed by atoms with Crippen LogP contribution in [0.25, 0.3) is 0 Å². The van der Waals surface area contributed by atoms with E-state index in [0.717, 1.165) is 51.0 Å². The molecule has 0 amide bonds. The molecule has 3 nitrogen and oxygen atoms in total. The summed E-state index contributed by atoms with van der Waals surface area (Å²) >= 11 is 0. The Kier molecular flexibility index (Phi) is 7.18. The van der Waals surface area contributed by atoms with E-state index in [1.807, 2.05) is 26.8 Å². The van der Waals surface area contributed by atoms with Gasteiger partial charge in [-0.1, -0.05) is 24.6 Å². The highest BCUT2D eigenvalue weighted by Gasteiger charge is 2.56. The van der Waals surface area contributed by atoms with Gasteiger partial charge >= 0.3 is 0 Å². The zero-order valence-corrected chi connectivity index (χ0v) is 23.3. The van der Waals surface area contributed by atoms with Crippen LogP contribution >= 0.6 is 0 Å². The van der Waals surface area contributed by atoms with E-state index in [0.29, 0.717) is 30.0 Å². The molecule has 3 fully saturated rings. The van der Waals surface area contributed by atoms with E-state index in [9.17, 15) is 9.90 Å². The van der Waals surface area contributed by atoms with Crippen molar-refractivity contribution < 1.29 is 9.90 Å². The van der Waals surface area contributed by atoms with Gasteiger partial charge in [0.2, 0.25) is 0 Å². The van der Waals surface area contributed by atoms with Crippen molar-refractivity contribution in [3.8, 4) is 12.3 Å². The summed E-state index contributed by atoms with van der Waals surface area (Å²) in [5.74, 6) is 5.29. The molecule has 1 aromatic carbocycles. The Bertz CT molecular complexity index is 1120. The third kappa shape index (κ3) is 5.46. The van der Waals surface area contributed by atoms with E-state index in [-0.39, 0.29) is 16.9 Å². The fourth-order valence-corrected chi connectivity index (χ4v) is 7.35. The monoisotopic (exact) mass is 499 g/mol. The number of allylic oxidation sites excluding steroid dienone is 4. The number of carbonyl (C=O) groups excluding carboxylic acids is 1. The predicted molar refractivity (Wildman–Crippen MR) is 152 cm³/mol. The van der Waals surface area contributed by atoms with Crippen molar-refractivity contribution in [2.75, 3.05) is 11.9 Å². The molecule has 0 saturated heterocycles. The molecule has 5 unspecified atom stereocenters. The molecular weight excluding hydrogens is 454 g/mol. The fraction of sp³-hybridized carbons (Fsp3) is 0.618. The van der Waals surface area contributed by atoms with E-state index in [2.05, 4.69) is 42.4 Å². The van der Waals surface area contributed by atoms with Gasteiger partial charge in [-0.15, -0.1) is 12.3 Å². The van der Waals surface area contributed by atoms with E-state index < -0.39 is 0 Å². The van der Waals surface area contributed by atoms with Crippen LogP contribution in [-0.4, -0.2) is 23.5 Å². The summed E-state index contributed by atoms with van der Waals surface area (Å²) in [6.07, 6.45) is 16.4. The maximum Gasteiger partial charge on any atom is 0.156 e. The molecule has 0 spiro atoms. The number of nitrogens with one attached hydrogen (secondary N) is 1. The van der Waals surface area contributed by atoms with Crippen LogP contribution in [0.4, 0.5) is 5.69 Å². The fourth-order valence-electron chi connectivity index (χ4n) is 7.35. The Morgan fingerprint density at radius 3 is 2.41 bits per heavy atom. The van der Waals surface area contributed by atoms with Gasteiger partial charge in [0.1, 0.15) is 0 Å². The first-order valence-electron chi connectivity index (χ1n) is 14.6. The number of hydrogen-bond acceptors (Lipinski definition) is 3. The third-order valence-electron chi connectivity index (χ3n) is 9.72. The molecule has 198 valence electrons. The van der Waals surface area contributed by atoms with Gasteiger partial charge in [-0.25, -0.2) is 0 Å². The van der Waals surface area contributed by atoms with Gasteiger partial charge in [0.25, 0.3) is 0 Å². The summed E-state index contributed by atoms with van der Waals surface area (Å²) < 4.78 is 0. The van der Waals surface area contributed by atoms with Crippen molar-refractivity contribution in [3.63, 3.8) is 0 Å². The molecule has 37 heavy (non-hydrogen) atoms. The zero-order chi connectivity index (χ0) is 26.4. The average Bonchev–Trinajstić information content (AvgIpc) is 3.66. The topological polar surface area (TPSA) is 49.3 Å². The van der Waals surface area contributed by atoms with Crippen LogP contribution in [0.5, 0.6) is 0 Å². The standard InChI is InChI=1S/C28H35NO2.C6H10/c1-28-15-24(18-4-7-20(8-5-18)29-16-17-2-3-17)27-22-11-9-21(30)14-19(22)6-10-23(27)25(28)12-13-26(28)31;1-5-6(2,3)4/h4-5,7-8,14,17,23-26,29,31H,2-3,6,9-13,15-16H2,1H3;1H,2-4H3. The van der Waals surface area contributed by atoms with Crippen LogP contribution in [0.2, 0.25) is 0 Å². The maximum absolute atomic E-state index is 12.1. The number of rotatable bonds is 4. The largest absolute Gasteiger partial charge is 0.393 e. The lowest BCUT2D eigenvalue weighted by Gasteiger charge is -2.52. The molecule has 0 aromatic heterocycles. The summed E-state index contributed by atoms with van der Waals surface area (Å²) in [6.45, 7) is 9.46. The minimum atomic E-state index is -0.184. The SMILES string of the molecule is C#CC(C)(C)C.CC12CC(c3ccc(NCC4CC4)cc3)C3=C4CCC(=O)C=C4CCC3C1CCC2O. The number of terminal acetylenes is 1.